The van der Waals surface area contributed by atoms with E-state index in [0.717, 1.165) is 12.5 Å². The molecular formula is C17H27N3O. The van der Waals surface area contributed by atoms with Gasteiger partial charge in [0, 0.05) is 24.7 Å². The lowest BCUT2D eigenvalue weighted by Gasteiger charge is -2.41. The van der Waals surface area contributed by atoms with Crippen molar-refractivity contribution >= 4 is 11.5 Å². The third-order valence-corrected chi connectivity index (χ3v) is 4.62. The van der Waals surface area contributed by atoms with Crippen LogP contribution in [-0.2, 0) is 0 Å². The Hall–Kier alpha value is -1.71. The predicted molar refractivity (Wildman–Crippen MR) is 87.9 cm³/mol. The topological polar surface area (TPSA) is 61.8 Å². The number of anilines is 1. The first kappa shape index (κ1) is 15.7. The molecule has 0 radical (unpaired) electrons. The molecule has 1 aromatic carbocycles. The Balaban J connectivity index is 2.18. The van der Waals surface area contributed by atoms with Gasteiger partial charge in [-0.3, -0.25) is 0 Å². The second-order valence-corrected chi connectivity index (χ2v) is 5.89. The number of benzene rings is 1. The number of amidine groups is 1. The smallest absolute Gasteiger partial charge is 0.140 e. The molecule has 0 aliphatic heterocycles. The Bertz CT molecular complexity index is 447. The van der Waals surface area contributed by atoms with Gasteiger partial charge in [0.15, 0.2) is 0 Å². The van der Waals surface area contributed by atoms with Crippen molar-refractivity contribution in [1.82, 2.24) is 0 Å². The van der Waals surface area contributed by atoms with E-state index in [1.807, 2.05) is 6.07 Å². The molecule has 21 heavy (non-hydrogen) atoms. The first-order valence-corrected chi connectivity index (χ1v) is 8.04. The predicted octanol–water partition coefficient (Wildman–Crippen LogP) is 3.60. The molecule has 0 spiro atoms. The Morgan fingerprint density at radius 1 is 1.29 bits per heavy atom. The molecule has 116 valence electrons. The molecule has 2 atom stereocenters. The zero-order valence-electron chi connectivity index (χ0n) is 12.9. The van der Waals surface area contributed by atoms with Gasteiger partial charge in [0.25, 0.3) is 0 Å². The number of hydrogen-bond donors (Lipinski definition) is 2. The van der Waals surface area contributed by atoms with Crippen LogP contribution in [0, 0.1) is 5.92 Å². The molecule has 2 unspecified atom stereocenters. The monoisotopic (exact) mass is 289 g/mol. The number of rotatable bonds is 6. The van der Waals surface area contributed by atoms with Crippen molar-refractivity contribution in [2.24, 2.45) is 16.8 Å². The lowest BCUT2D eigenvalue weighted by Crippen LogP contribution is -2.44. The van der Waals surface area contributed by atoms with Crippen LogP contribution in [0.1, 0.15) is 45.4 Å². The van der Waals surface area contributed by atoms with Crippen LogP contribution in [0.15, 0.2) is 35.5 Å². The molecule has 0 heterocycles. The quantitative estimate of drug-likeness (QED) is 0.364. The first-order chi connectivity index (χ1) is 10.3. The molecule has 0 saturated heterocycles. The van der Waals surface area contributed by atoms with Gasteiger partial charge in [-0.1, -0.05) is 49.5 Å². The average molecular weight is 289 g/mol. The van der Waals surface area contributed by atoms with E-state index in [2.05, 4.69) is 41.2 Å². The van der Waals surface area contributed by atoms with Crippen LogP contribution in [0.5, 0.6) is 0 Å². The number of nitrogens with zero attached hydrogens (tertiary/aromatic N) is 2. The molecule has 1 aliphatic carbocycles. The maximum absolute atomic E-state index is 8.77. The van der Waals surface area contributed by atoms with Gasteiger partial charge in [-0.15, -0.1) is 0 Å². The van der Waals surface area contributed by atoms with Crippen molar-refractivity contribution < 1.29 is 5.21 Å². The Morgan fingerprint density at radius 2 is 2.00 bits per heavy atom. The molecule has 1 aromatic rings. The highest BCUT2D eigenvalue weighted by Crippen LogP contribution is 2.33. The van der Waals surface area contributed by atoms with Crippen molar-refractivity contribution in [3.05, 3.63) is 30.3 Å². The van der Waals surface area contributed by atoms with Gasteiger partial charge in [-0.25, -0.2) is 0 Å². The summed E-state index contributed by atoms with van der Waals surface area (Å²) in [6.45, 7) is 3.09. The standard InChI is InChI=1S/C17H27N3O/c1-2-14-8-6-7-11-16(14)20(13-12-17(18)19-21)15-9-4-3-5-10-15/h3-5,9-10,14,16,21H,2,6-8,11-13H2,1H3,(H2,18,19). The lowest BCUT2D eigenvalue weighted by atomic mass is 9.81. The summed E-state index contributed by atoms with van der Waals surface area (Å²) >= 11 is 0. The van der Waals surface area contributed by atoms with Gasteiger partial charge >= 0.3 is 0 Å². The summed E-state index contributed by atoms with van der Waals surface area (Å²) in [7, 11) is 0. The van der Waals surface area contributed by atoms with Crippen molar-refractivity contribution in [2.45, 2.75) is 51.5 Å². The lowest BCUT2D eigenvalue weighted by molar-refractivity contribution is 0.285. The fraction of sp³-hybridized carbons (Fsp3) is 0.588. The van der Waals surface area contributed by atoms with Crippen molar-refractivity contribution in [2.75, 3.05) is 11.4 Å². The van der Waals surface area contributed by atoms with Gasteiger partial charge in [0.05, 0.1) is 0 Å². The normalized spacial score (nSPS) is 23.0. The third kappa shape index (κ3) is 4.13. The summed E-state index contributed by atoms with van der Waals surface area (Å²) in [5, 5.41) is 11.9. The molecule has 0 bridgehead atoms. The van der Waals surface area contributed by atoms with Crippen molar-refractivity contribution in [3.8, 4) is 0 Å². The van der Waals surface area contributed by atoms with Gasteiger partial charge in [-0.2, -0.15) is 0 Å². The van der Waals surface area contributed by atoms with Crippen LogP contribution < -0.4 is 10.6 Å². The molecule has 4 nitrogen and oxygen atoms in total. The number of hydrogen-bond acceptors (Lipinski definition) is 3. The van der Waals surface area contributed by atoms with Gasteiger partial charge < -0.3 is 15.8 Å². The molecule has 1 fully saturated rings. The van der Waals surface area contributed by atoms with E-state index < -0.39 is 0 Å². The summed E-state index contributed by atoms with van der Waals surface area (Å²) in [5.74, 6) is 1.05. The van der Waals surface area contributed by atoms with Crippen LogP contribution >= 0.6 is 0 Å². The SMILES string of the molecule is CCC1CCCCC1N(CCC(N)=NO)c1ccccc1. The highest BCUT2D eigenvalue weighted by Gasteiger charge is 2.29. The minimum atomic E-state index is 0.305. The molecule has 1 aliphatic rings. The number of oxime groups is 1. The molecule has 1 saturated carbocycles. The molecule has 2 rings (SSSR count). The van der Waals surface area contributed by atoms with Gasteiger partial charge in [-0.05, 0) is 30.9 Å². The molecule has 4 heteroatoms. The van der Waals surface area contributed by atoms with Crippen molar-refractivity contribution in [1.29, 1.82) is 0 Å². The first-order valence-electron chi connectivity index (χ1n) is 8.04. The zero-order chi connectivity index (χ0) is 15.1. The average Bonchev–Trinajstić information content (AvgIpc) is 2.56. The van der Waals surface area contributed by atoms with Crippen LogP contribution in [0.25, 0.3) is 0 Å². The van der Waals surface area contributed by atoms with E-state index in [-0.39, 0.29) is 0 Å². The van der Waals surface area contributed by atoms with Gasteiger partial charge in [0.2, 0.25) is 0 Å². The van der Waals surface area contributed by atoms with E-state index in [1.165, 1.54) is 37.8 Å². The summed E-state index contributed by atoms with van der Waals surface area (Å²) < 4.78 is 0. The number of para-hydroxylation sites is 1. The second-order valence-electron chi connectivity index (χ2n) is 5.89. The van der Waals surface area contributed by atoms with E-state index in [4.69, 9.17) is 10.9 Å². The minimum Gasteiger partial charge on any atom is -0.409 e. The van der Waals surface area contributed by atoms with Crippen LogP contribution in [0.4, 0.5) is 5.69 Å². The summed E-state index contributed by atoms with van der Waals surface area (Å²) in [6, 6.07) is 11.1. The van der Waals surface area contributed by atoms with Gasteiger partial charge in [0.1, 0.15) is 5.84 Å². The van der Waals surface area contributed by atoms with Crippen molar-refractivity contribution in [3.63, 3.8) is 0 Å². The fourth-order valence-electron chi connectivity index (χ4n) is 3.47. The van der Waals surface area contributed by atoms with Crippen LogP contribution in [0.3, 0.4) is 0 Å². The maximum Gasteiger partial charge on any atom is 0.140 e. The Labute approximate surface area is 127 Å². The highest BCUT2D eigenvalue weighted by atomic mass is 16.4. The zero-order valence-corrected chi connectivity index (χ0v) is 12.9. The number of nitrogens with two attached hydrogens (primary N) is 1. The molecule has 3 N–H and O–H groups in total. The largest absolute Gasteiger partial charge is 0.409 e. The van der Waals surface area contributed by atoms with E-state index in [9.17, 15) is 0 Å². The minimum absolute atomic E-state index is 0.305. The molecule has 0 amide bonds. The fourth-order valence-corrected chi connectivity index (χ4v) is 3.47. The van der Waals surface area contributed by atoms with E-state index in [0.29, 0.717) is 18.3 Å². The van der Waals surface area contributed by atoms with E-state index >= 15 is 0 Å². The summed E-state index contributed by atoms with van der Waals surface area (Å²) in [5.41, 5.74) is 6.91. The Kier molecular flexibility index (Phi) is 5.90. The Morgan fingerprint density at radius 3 is 2.67 bits per heavy atom. The summed E-state index contributed by atoms with van der Waals surface area (Å²) in [4.78, 5) is 2.46. The van der Waals surface area contributed by atoms with Crippen LogP contribution in [-0.4, -0.2) is 23.6 Å². The maximum atomic E-state index is 8.77. The van der Waals surface area contributed by atoms with Crippen LogP contribution in [0.2, 0.25) is 0 Å². The molecule has 0 aromatic heterocycles. The third-order valence-electron chi connectivity index (χ3n) is 4.62. The summed E-state index contributed by atoms with van der Waals surface area (Å²) in [6.07, 6.45) is 7.01. The van der Waals surface area contributed by atoms with E-state index in [1.54, 1.807) is 0 Å². The second kappa shape index (κ2) is 7.91. The highest BCUT2D eigenvalue weighted by molar-refractivity contribution is 5.80. The molecular weight excluding hydrogens is 262 g/mol.